The van der Waals surface area contributed by atoms with Crippen LogP contribution in [0.4, 0.5) is 0 Å². The molecule has 0 aliphatic heterocycles. The van der Waals surface area contributed by atoms with E-state index >= 15 is 0 Å². The van der Waals surface area contributed by atoms with E-state index in [2.05, 4.69) is 10.6 Å². The minimum atomic E-state index is -1.14. The summed E-state index contributed by atoms with van der Waals surface area (Å²) in [6.45, 7) is 0.0174. The van der Waals surface area contributed by atoms with E-state index in [1.54, 1.807) is 30.3 Å². The molecule has 0 heterocycles. The molecule has 0 aliphatic rings. The number of hydrogen-bond donors (Lipinski definition) is 4. The second-order valence-corrected chi connectivity index (χ2v) is 4.79. The number of carbonyl (C=O) groups excluding carboxylic acids is 2. The zero-order valence-corrected chi connectivity index (χ0v) is 12.2. The van der Waals surface area contributed by atoms with E-state index in [9.17, 15) is 14.4 Å². The van der Waals surface area contributed by atoms with Crippen LogP contribution < -0.4 is 16.4 Å². The molecule has 5 N–H and O–H groups in total. The number of amides is 2. The Bertz CT molecular complexity index is 505. The standard InChI is InChI=1S/C15H21N3O4/c16-9-5-4-8-12(15(22)17-10-13(19)20)18-14(21)11-6-2-1-3-7-11/h1-3,6-7,12H,4-5,8-10,16H2,(H,17,22)(H,18,21)(H,19,20). The van der Waals surface area contributed by atoms with Gasteiger partial charge in [-0.05, 0) is 37.9 Å². The molecule has 0 fully saturated rings. The molecule has 7 nitrogen and oxygen atoms in total. The molecule has 0 saturated heterocycles. The van der Waals surface area contributed by atoms with Crippen molar-refractivity contribution in [2.45, 2.75) is 25.3 Å². The van der Waals surface area contributed by atoms with E-state index in [-0.39, 0.29) is 5.91 Å². The van der Waals surface area contributed by atoms with Crippen molar-refractivity contribution in [1.82, 2.24) is 10.6 Å². The van der Waals surface area contributed by atoms with Crippen LogP contribution in [0.1, 0.15) is 29.6 Å². The van der Waals surface area contributed by atoms with Crippen LogP contribution in [-0.2, 0) is 9.59 Å². The van der Waals surface area contributed by atoms with Gasteiger partial charge in [0.05, 0.1) is 0 Å². The first-order chi connectivity index (χ1) is 10.5. The summed E-state index contributed by atoms with van der Waals surface area (Å²) in [6, 6.07) is 7.74. The maximum absolute atomic E-state index is 12.1. The summed E-state index contributed by atoms with van der Waals surface area (Å²) in [5, 5.41) is 13.5. The van der Waals surface area contributed by atoms with Crippen molar-refractivity contribution in [3.8, 4) is 0 Å². The second-order valence-electron chi connectivity index (χ2n) is 4.79. The van der Waals surface area contributed by atoms with Gasteiger partial charge in [0.15, 0.2) is 0 Å². The van der Waals surface area contributed by atoms with Crippen molar-refractivity contribution in [3.63, 3.8) is 0 Å². The van der Waals surface area contributed by atoms with E-state index in [1.807, 2.05) is 0 Å². The molecule has 120 valence electrons. The smallest absolute Gasteiger partial charge is 0.322 e. The van der Waals surface area contributed by atoms with Crippen LogP contribution in [0.2, 0.25) is 0 Å². The molecule has 7 heteroatoms. The van der Waals surface area contributed by atoms with Gasteiger partial charge >= 0.3 is 5.97 Å². The monoisotopic (exact) mass is 307 g/mol. The molecule has 1 unspecified atom stereocenters. The van der Waals surface area contributed by atoms with Gasteiger partial charge in [-0.3, -0.25) is 14.4 Å². The average Bonchev–Trinajstić information content (AvgIpc) is 2.52. The summed E-state index contributed by atoms with van der Waals surface area (Å²) >= 11 is 0. The van der Waals surface area contributed by atoms with Crippen molar-refractivity contribution < 1.29 is 19.5 Å². The molecule has 0 saturated carbocycles. The van der Waals surface area contributed by atoms with E-state index in [1.165, 1.54) is 0 Å². The van der Waals surface area contributed by atoms with Gasteiger partial charge in [0.2, 0.25) is 5.91 Å². The fourth-order valence-corrected chi connectivity index (χ4v) is 1.88. The van der Waals surface area contributed by atoms with Gasteiger partial charge in [0.1, 0.15) is 12.6 Å². The first-order valence-electron chi connectivity index (χ1n) is 7.10. The Morgan fingerprint density at radius 3 is 2.41 bits per heavy atom. The van der Waals surface area contributed by atoms with Gasteiger partial charge in [-0.1, -0.05) is 18.2 Å². The van der Waals surface area contributed by atoms with E-state index in [0.717, 1.165) is 6.42 Å². The van der Waals surface area contributed by atoms with Crippen LogP contribution in [0.15, 0.2) is 30.3 Å². The molecule has 2 amide bonds. The summed E-state index contributed by atoms with van der Waals surface area (Å²) in [4.78, 5) is 34.6. The molecule has 1 rings (SSSR count). The molecule has 1 aromatic rings. The quantitative estimate of drug-likeness (QED) is 0.483. The lowest BCUT2D eigenvalue weighted by Crippen LogP contribution is -2.47. The van der Waals surface area contributed by atoms with Gasteiger partial charge < -0.3 is 21.5 Å². The van der Waals surface area contributed by atoms with Crippen LogP contribution in [0.5, 0.6) is 0 Å². The van der Waals surface area contributed by atoms with Gasteiger partial charge in [-0.25, -0.2) is 0 Å². The van der Waals surface area contributed by atoms with Crippen LogP contribution in [-0.4, -0.2) is 42.0 Å². The van der Waals surface area contributed by atoms with E-state index in [0.29, 0.717) is 24.9 Å². The maximum atomic E-state index is 12.1. The molecule has 22 heavy (non-hydrogen) atoms. The Balaban J connectivity index is 2.66. The summed E-state index contributed by atoms with van der Waals surface area (Å²) in [6.07, 6.45) is 1.79. The van der Waals surface area contributed by atoms with Gasteiger partial charge in [-0.2, -0.15) is 0 Å². The van der Waals surface area contributed by atoms with Crippen LogP contribution in [0.25, 0.3) is 0 Å². The molecule has 1 atom stereocenters. The molecule has 0 radical (unpaired) electrons. The first-order valence-corrected chi connectivity index (χ1v) is 7.10. The number of nitrogens with one attached hydrogen (secondary N) is 2. The molecule has 0 aromatic heterocycles. The maximum Gasteiger partial charge on any atom is 0.322 e. The fraction of sp³-hybridized carbons (Fsp3) is 0.400. The highest BCUT2D eigenvalue weighted by Crippen LogP contribution is 2.04. The van der Waals surface area contributed by atoms with Crippen molar-refractivity contribution in [2.24, 2.45) is 5.73 Å². The zero-order chi connectivity index (χ0) is 16.4. The van der Waals surface area contributed by atoms with Crippen molar-refractivity contribution in [2.75, 3.05) is 13.1 Å². The summed E-state index contributed by atoms with van der Waals surface area (Å²) in [7, 11) is 0. The lowest BCUT2D eigenvalue weighted by atomic mass is 10.1. The van der Waals surface area contributed by atoms with Gasteiger partial charge in [0, 0.05) is 5.56 Å². The third-order valence-corrected chi connectivity index (χ3v) is 3.02. The number of aliphatic carboxylic acids is 1. The van der Waals surface area contributed by atoms with Crippen molar-refractivity contribution >= 4 is 17.8 Å². The normalized spacial score (nSPS) is 11.5. The SMILES string of the molecule is NCCCCC(NC(=O)c1ccccc1)C(=O)NCC(=O)O. The highest BCUT2D eigenvalue weighted by atomic mass is 16.4. The number of nitrogens with two attached hydrogens (primary N) is 1. The first kappa shape index (κ1) is 17.6. The summed E-state index contributed by atoms with van der Waals surface area (Å²) in [5.74, 6) is -2.02. The number of unbranched alkanes of at least 4 members (excludes halogenated alkanes) is 1. The molecule has 1 aromatic carbocycles. The second kappa shape index (κ2) is 9.51. The number of carboxylic acid groups (broad SMARTS) is 1. The lowest BCUT2D eigenvalue weighted by Gasteiger charge is -2.18. The van der Waals surface area contributed by atoms with Crippen molar-refractivity contribution in [3.05, 3.63) is 35.9 Å². The number of benzene rings is 1. The Morgan fingerprint density at radius 1 is 1.14 bits per heavy atom. The van der Waals surface area contributed by atoms with E-state index in [4.69, 9.17) is 10.8 Å². The third kappa shape index (κ3) is 6.36. The number of carbonyl (C=O) groups is 3. The minimum absolute atomic E-state index is 0.371. The highest BCUT2D eigenvalue weighted by molar-refractivity contribution is 5.97. The van der Waals surface area contributed by atoms with Crippen LogP contribution >= 0.6 is 0 Å². The Morgan fingerprint density at radius 2 is 1.82 bits per heavy atom. The number of rotatable bonds is 9. The Hall–Kier alpha value is -2.41. The van der Waals surface area contributed by atoms with Crippen molar-refractivity contribution in [1.29, 1.82) is 0 Å². The molecule has 0 spiro atoms. The Labute approximate surface area is 128 Å². The average molecular weight is 307 g/mol. The topological polar surface area (TPSA) is 122 Å². The lowest BCUT2D eigenvalue weighted by molar-refractivity contribution is -0.138. The zero-order valence-electron chi connectivity index (χ0n) is 12.2. The number of carboxylic acids is 1. The van der Waals surface area contributed by atoms with Gasteiger partial charge in [-0.15, -0.1) is 0 Å². The predicted octanol–water partition coefficient (Wildman–Crippen LogP) is 0.115. The Kier molecular flexibility index (Phi) is 7.63. The van der Waals surface area contributed by atoms with Crippen LogP contribution in [0, 0.1) is 0 Å². The molecular formula is C15H21N3O4. The number of hydrogen-bond acceptors (Lipinski definition) is 4. The van der Waals surface area contributed by atoms with Gasteiger partial charge in [0.25, 0.3) is 5.91 Å². The minimum Gasteiger partial charge on any atom is -0.480 e. The summed E-state index contributed by atoms with van der Waals surface area (Å²) < 4.78 is 0. The predicted molar refractivity (Wildman–Crippen MR) is 81.2 cm³/mol. The van der Waals surface area contributed by atoms with Crippen LogP contribution in [0.3, 0.4) is 0 Å². The highest BCUT2D eigenvalue weighted by Gasteiger charge is 2.21. The molecule has 0 aliphatic carbocycles. The third-order valence-electron chi connectivity index (χ3n) is 3.02. The summed E-state index contributed by atoms with van der Waals surface area (Å²) in [5.41, 5.74) is 5.86. The molecular weight excluding hydrogens is 286 g/mol. The molecule has 0 bridgehead atoms. The fourth-order valence-electron chi connectivity index (χ4n) is 1.88. The van der Waals surface area contributed by atoms with E-state index < -0.39 is 24.5 Å². The largest absolute Gasteiger partial charge is 0.480 e.